The van der Waals surface area contributed by atoms with Gasteiger partial charge in [0.25, 0.3) is 5.95 Å². The van der Waals surface area contributed by atoms with Crippen molar-refractivity contribution < 1.29 is 8.91 Å². The summed E-state index contributed by atoms with van der Waals surface area (Å²) in [6.45, 7) is 3.70. The van der Waals surface area contributed by atoms with Crippen LogP contribution in [-0.4, -0.2) is 33.0 Å². The first-order valence-corrected chi connectivity index (χ1v) is 6.98. The molecule has 0 saturated carbocycles. The predicted molar refractivity (Wildman–Crippen MR) is 81.1 cm³/mol. The Bertz CT molecular complexity index is 811. The molecule has 0 spiro atoms. The van der Waals surface area contributed by atoms with E-state index in [1.807, 2.05) is 6.92 Å². The second kappa shape index (κ2) is 5.66. The van der Waals surface area contributed by atoms with Crippen LogP contribution in [-0.2, 0) is 6.42 Å². The SMILES string of the molecule is CCc1nn(-c2noc(C3CNC3)n2)c2cc(F)ccc12.Cl. The summed E-state index contributed by atoms with van der Waals surface area (Å²) in [5.74, 6) is 0.905. The van der Waals surface area contributed by atoms with Crippen LogP contribution in [0.25, 0.3) is 16.9 Å². The van der Waals surface area contributed by atoms with Gasteiger partial charge in [-0.2, -0.15) is 14.8 Å². The normalized spacial score (nSPS) is 14.8. The molecule has 0 unspecified atom stereocenters. The van der Waals surface area contributed by atoms with Crippen molar-refractivity contribution in [1.29, 1.82) is 0 Å². The van der Waals surface area contributed by atoms with Gasteiger partial charge in [0.05, 0.1) is 17.1 Å². The van der Waals surface area contributed by atoms with Gasteiger partial charge in [-0.25, -0.2) is 4.39 Å². The van der Waals surface area contributed by atoms with Crippen molar-refractivity contribution in [3.63, 3.8) is 0 Å². The lowest BCUT2D eigenvalue weighted by atomic mass is 10.0. The summed E-state index contributed by atoms with van der Waals surface area (Å²) in [7, 11) is 0. The molecule has 3 aromatic rings. The average molecular weight is 324 g/mol. The van der Waals surface area contributed by atoms with E-state index < -0.39 is 0 Å². The third kappa shape index (κ3) is 2.26. The van der Waals surface area contributed by atoms with Crippen LogP contribution in [0.15, 0.2) is 22.7 Å². The molecule has 1 aliphatic heterocycles. The standard InChI is InChI=1S/C14H14FN5O.ClH/c1-2-11-10-4-3-9(15)5-12(10)20(18-11)14-17-13(21-19-14)8-6-16-7-8;/h3-5,8,16H,2,6-7H2,1H3;1H. The Hall–Kier alpha value is -1.99. The molecule has 1 fully saturated rings. The molecule has 3 heterocycles. The van der Waals surface area contributed by atoms with Gasteiger partial charge >= 0.3 is 0 Å². The molecule has 22 heavy (non-hydrogen) atoms. The number of rotatable bonds is 3. The number of aromatic nitrogens is 4. The zero-order chi connectivity index (χ0) is 14.4. The average Bonchev–Trinajstić information content (AvgIpc) is 3.00. The molecule has 1 aliphatic rings. The highest BCUT2D eigenvalue weighted by molar-refractivity contribution is 5.85. The Labute approximate surface area is 132 Å². The summed E-state index contributed by atoms with van der Waals surface area (Å²) in [5, 5.41) is 12.5. The van der Waals surface area contributed by atoms with E-state index in [9.17, 15) is 4.39 Å². The van der Waals surface area contributed by atoms with Crippen LogP contribution < -0.4 is 5.32 Å². The molecule has 0 radical (unpaired) electrons. The number of benzene rings is 1. The zero-order valence-corrected chi connectivity index (χ0v) is 12.7. The highest BCUT2D eigenvalue weighted by atomic mass is 35.5. The molecular weight excluding hydrogens is 309 g/mol. The number of aryl methyl sites for hydroxylation is 1. The molecule has 0 amide bonds. The molecule has 0 aliphatic carbocycles. The van der Waals surface area contributed by atoms with Gasteiger partial charge < -0.3 is 9.84 Å². The topological polar surface area (TPSA) is 68.8 Å². The van der Waals surface area contributed by atoms with Gasteiger partial charge in [-0.05, 0) is 23.7 Å². The quantitative estimate of drug-likeness (QED) is 0.800. The molecule has 116 valence electrons. The lowest BCUT2D eigenvalue weighted by molar-refractivity contribution is 0.307. The second-order valence-electron chi connectivity index (χ2n) is 5.16. The first-order chi connectivity index (χ1) is 10.3. The first-order valence-electron chi connectivity index (χ1n) is 6.98. The maximum atomic E-state index is 13.5. The lowest BCUT2D eigenvalue weighted by Gasteiger charge is -2.22. The molecule has 4 rings (SSSR count). The first kappa shape index (κ1) is 14.9. The monoisotopic (exact) mass is 323 g/mol. The summed E-state index contributed by atoms with van der Waals surface area (Å²) in [5.41, 5.74) is 1.55. The Kier molecular flexibility index (Phi) is 3.84. The molecule has 2 aromatic heterocycles. The third-order valence-electron chi connectivity index (χ3n) is 3.81. The summed E-state index contributed by atoms with van der Waals surface area (Å²) < 4.78 is 20.4. The molecular formula is C14H15ClFN5O. The minimum atomic E-state index is -0.307. The van der Waals surface area contributed by atoms with Gasteiger partial charge in [-0.15, -0.1) is 12.4 Å². The van der Waals surface area contributed by atoms with E-state index in [2.05, 4.69) is 20.6 Å². The van der Waals surface area contributed by atoms with Crippen molar-refractivity contribution >= 4 is 23.3 Å². The smallest absolute Gasteiger partial charge is 0.291 e. The summed E-state index contributed by atoms with van der Waals surface area (Å²) >= 11 is 0. The lowest BCUT2D eigenvalue weighted by Crippen LogP contribution is -2.40. The molecule has 1 N–H and O–H groups in total. The van der Waals surface area contributed by atoms with Crippen LogP contribution in [0, 0.1) is 5.82 Å². The minimum absolute atomic E-state index is 0. The van der Waals surface area contributed by atoms with Gasteiger partial charge in [0.15, 0.2) is 0 Å². The summed E-state index contributed by atoms with van der Waals surface area (Å²) in [6.07, 6.45) is 0.756. The molecule has 6 nitrogen and oxygen atoms in total. The van der Waals surface area contributed by atoms with Crippen LogP contribution in [0.2, 0.25) is 0 Å². The van der Waals surface area contributed by atoms with E-state index in [0.717, 1.165) is 30.6 Å². The van der Waals surface area contributed by atoms with Crippen LogP contribution >= 0.6 is 12.4 Å². The van der Waals surface area contributed by atoms with E-state index in [4.69, 9.17) is 4.52 Å². The Morgan fingerprint density at radius 2 is 2.23 bits per heavy atom. The number of hydrogen-bond donors (Lipinski definition) is 1. The van der Waals surface area contributed by atoms with E-state index in [-0.39, 0.29) is 24.1 Å². The van der Waals surface area contributed by atoms with Crippen molar-refractivity contribution in [3.05, 3.63) is 35.6 Å². The van der Waals surface area contributed by atoms with Crippen molar-refractivity contribution in [1.82, 2.24) is 25.2 Å². The summed E-state index contributed by atoms with van der Waals surface area (Å²) in [6, 6.07) is 4.63. The van der Waals surface area contributed by atoms with Crippen LogP contribution in [0.3, 0.4) is 0 Å². The van der Waals surface area contributed by atoms with Crippen molar-refractivity contribution in [2.24, 2.45) is 0 Å². The number of fused-ring (bicyclic) bond motifs is 1. The minimum Gasteiger partial charge on any atom is -0.337 e. The Balaban J connectivity index is 0.00000144. The molecule has 0 atom stereocenters. The van der Waals surface area contributed by atoms with Gasteiger partial charge in [-0.1, -0.05) is 6.92 Å². The maximum absolute atomic E-state index is 13.5. The van der Waals surface area contributed by atoms with Crippen molar-refractivity contribution in [2.45, 2.75) is 19.3 Å². The van der Waals surface area contributed by atoms with Gasteiger partial charge in [0.1, 0.15) is 5.82 Å². The van der Waals surface area contributed by atoms with E-state index in [1.54, 1.807) is 10.7 Å². The highest BCUT2D eigenvalue weighted by Crippen LogP contribution is 2.24. The maximum Gasteiger partial charge on any atom is 0.291 e. The Morgan fingerprint density at radius 1 is 1.41 bits per heavy atom. The predicted octanol–water partition coefficient (Wildman–Crippen LogP) is 2.22. The number of halogens is 2. The number of nitrogens with one attached hydrogen (secondary N) is 1. The molecule has 0 bridgehead atoms. The van der Waals surface area contributed by atoms with Gasteiger partial charge in [-0.3, -0.25) is 0 Å². The number of hydrogen-bond acceptors (Lipinski definition) is 5. The van der Waals surface area contributed by atoms with E-state index >= 15 is 0 Å². The summed E-state index contributed by atoms with van der Waals surface area (Å²) in [4.78, 5) is 4.39. The molecule has 1 saturated heterocycles. The van der Waals surface area contributed by atoms with E-state index in [1.165, 1.54) is 12.1 Å². The van der Waals surface area contributed by atoms with E-state index in [0.29, 0.717) is 17.4 Å². The fourth-order valence-electron chi connectivity index (χ4n) is 2.51. The van der Waals surface area contributed by atoms with Crippen LogP contribution in [0.5, 0.6) is 0 Å². The van der Waals surface area contributed by atoms with Gasteiger partial charge in [0.2, 0.25) is 5.89 Å². The fourth-order valence-corrected chi connectivity index (χ4v) is 2.51. The largest absolute Gasteiger partial charge is 0.337 e. The Morgan fingerprint density at radius 3 is 2.91 bits per heavy atom. The third-order valence-corrected chi connectivity index (χ3v) is 3.81. The van der Waals surface area contributed by atoms with Crippen molar-refractivity contribution in [3.8, 4) is 5.95 Å². The zero-order valence-electron chi connectivity index (χ0n) is 11.9. The van der Waals surface area contributed by atoms with Crippen LogP contribution in [0.4, 0.5) is 4.39 Å². The highest BCUT2D eigenvalue weighted by Gasteiger charge is 2.26. The number of nitrogens with zero attached hydrogens (tertiary/aromatic N) is 4. The van der Waals surface area contributed by atoms with Crippen LogP contribution in [0.1, 0.15) is 24.4 Å². The van der Waals surface area contributed by atoms with Gasteiger partial charge in [0, 0.05) is 24.5 Å². The fraction of sp³-hybridized carbons (Fsp3) is 0.357. The molecule has 1 aromatic carbocycles. The van der Waals surface area contributed by atoms with Crippen molar-refractivity contribution in [2.75, 3.05) is 13.1 Å². The molecule has 8 heteroatoms. The second-order valence-corrected chi connectivity index (χ2v) is 5.16.